The molecule has 12 nitrogen and oxygen atoms in total. The van der Waals surface area contributed by atoms with Crippen LogP contribution in [-0.4, -0.2) is 91.8 Å². The fourth-order valence-electron chi connectivity index (χ4n) is 10.6. The van der Waals surface area contributed by atoms with Gasteiger partial charge in [0.2, 0.25) is 11.8 Å². The molecule has 3 N–H and O–H groups in total. The summed E-state index contributed by atoms with van der Waals surface area (Å²) in [6.45, 7) is 3.91. The molecule has 3 fully saturated rings. The number of carbonyl (C=O) groups is 3. The van der Waals surface area contributed by atoms with Crippen molar-refractivity contribution in [2.24, 2.45) is 5.92 Å². The van der Waals surface area contributed by atoms with E-state index >= 15 is 14.4 Å². The van der Waals surface area contributed by atoms with Gasteiger partial charge < -0.3 is 34.9 Å². The molecule has 4 heterocycles. The first kappa shape index (κ1) is 44.6. The number of morpholine rings is 2. The number of aliphatic hydroxyl groups is 1. The van der Waals surface area contributed by atoms with Gasteiger partial charge in [-0.3, -0.25) is 24.2 Å². The highest BCUT2D eigenvalue weighted by Gasteiger charge is 2.74. The van der Waals surface area contributed by atoms with Crippen molar-refractivity contribution < 1.29 is 33.7 Å². The molecule has 3 saturated heterocycles. The zero-order valence-electron chi connectivity index (χ0n) is 37.8. The van der Waals surface area contributed by atoms with Crippen molar-refractivity contribution >= 4 is 34.8 Å². The maximum atomic E-state index is 15.7. The third-order valence-electron chi connectivity index (χ3n) is 13.5. The number of anilines is 3. The van der Waals surface area contributed by atoms with E-state index in [0.717, 1.165) is 36.4 Å². The number of cyclic esters (lactones) is 1. The number of nitrogens with zero attached hydrogens (tertiary/aromatic N) is 3. The molecule has 0 bridgehead atoms. The van der Waals surface area contributed by atoms with E-state index in [1.54, 1.807) is 12.1 Å². The largest absolute Gasteiger partial charge is 0.491 e. The Morgan fingerprint density at radius 2 is 1.50 bits per heavy atom. The number of nitrogens with one attached hydrogen (secondary N) is 2. The van der Waals surface area contributed by atoms with Gasteiger partial charge >= 0.3 is 5.97 Å². The van der Waals surface area contributed by atoms with Crippen LogP contribution >= 0.6 is 0 Å². The second kappa shape index (κ2) is 19.5. The van der Waals surface area contributed by atoms with Crippen LogP contribution in [0.15, 0.2) is 158 Å². The van der Waals surface area contributed by atoms with E-state index in [1.807, 2.05) is 141 Å². The summed E-state index contributed by atoms with van der Waals surface area (Å²) in [6.07, 6.45) is -0.808. The lowest BCUT2D eigenvalue weighted by Crippen LogP contribution is -2.53. The Balaban J connectivity index is 1.14. The van der Waals surface area contributed by atoms with Gasteiger partial charge in [-0.1, -0.05) is 115 Å². The molecule has 68 heavy (non-hydrogen) atoms. The summed E-state index contributed by atoms with van der Waals surface area (Å²) in [7, 11) is 2.02. The van der Waals surface area contributed by atoms with Crippen LogP contribution in [0.5, 0.6) is 5.75 Å². The van der Waals surface area contributed by atoms with E-state index in [4.69, 9.17) is 14.2 Å². The maximum absolute atomic E-state index is 15.7. The summed E-state index contributed by atoms with van der Waals surface area (Å²) in [5, 5.41) is 15.9. The number of hydrogen-bond donors (Lipinski definition) is 3. The molecule has 1 spiro atoms. The Labute approximate surface area is 396 Å². The van der Waals surface area contributed by atoms with Crippen molar-refractivity contribution in [3.05, 3.63) is 191 Å². The van der Waals surface area contributed by atoms with Crippen LogP contribution in [0.1, 0.15) is 51.6 Å². The molecule has 6 aromatic carbocycles. The number of amides is 2. The lowest BCUT2D eigenvalue weighted by molar-refractivity contribution is -0.177. The summed E-state index contributed by atoms with van der Waals surface area (Å²) in [5.41, 5.74) is 5.05. The highest BCUT2D eigenvalue weighted by Crippen LogP contribution is 2.65. The molecule has 344 valence electrons. The molecule has 0 aromatic heterocycles. The summed E-state index contributed by atoms with van der Waals surface area (Å²) in [5.74, 6) is 4.37. The molecule has 0 unspecified atom stereocenters. The molecule has 4 aliphatic heterocycles. The predicted octanol–water partition coefficient (Wildman–Crippen LogP) is 7.29. The van der Waals surface area contributed by atoms with Crippen molar-refractivity contribution in [1.29, 1.82) is 0 Å². The van der Waals surface area contributed by atoms with E-state index in [9.17, 15) is 5.11 Å². The number of carbonyl (C=O) groups excluding carboxylic acids is 3. The Bertz CT molecular complexity index is 2810. The molecule has 6 atom stereocenters. The average Bonchev–Trinajstić information content (AvgIpc) is 3.86. The lowest BCUT2D eigenvalue weighted by atomic mass is 9.65. The van der Waals surface area contributed by atoms with Gasteiger partial charge in [0.05, 0.1) is 44.4 Å². The maximum Gasteiger partial charge on any atom is 0.324 e. The van der Waals surface area contributed by atoms with E-state index in [-0.39, 0.29) is 13.2 Å². The number of benzene rings is 6. The number of hydrogen-bond acceptors (Lipinski definition) is 10. The van der Waals surface area contributed by atoms with E-state index < -0.39 is 53.3 Å². The first-order valence-electron chi connectivity index (χ1n) is 23.2. The van der Waals surface area contributed by atoms with Crippen molar-refractivity contribution in [3.8, 4) is 17.6 Å². The summed E-state index contributed by atoms with van der Waals surface area (Å²) in [6, 6.07) is 47.5. The van der Waals surface area contributed by atoms with Gasteiger partial charge in [0, 0.05) is 42.3 Å². The Hall–Kier alpha value is -7.27. The molecular formula is C56H53N5O7. The summed E-state index contributed by atoms with van der Waals surface area (Å²) in [4.78, 5) is 53.1. The Kier molecular flexibility index (Phi) is 12.8. The fourth-order valence-corrected chi connectivity index (χ4v) is 10.6. The highest BCUT2D eigenvalue weighted by molar-refractivity contribution is 6.13. The number of rotatable bonds is 12. The second-order valence-electron chi connectivity index (χ2n) is 17.7. The Morgan fingerprint density at radius 3 is 2.19 bits per heavy atom. The number of esters is 1. The monoisotopic (exact) mass is 907 g/mol. The minimum absolute atomic E-state index is 0.0961. The van der Waals surface area contributed by atoms with Gasteiger partial charge in [0.1, 0.15) is 29.9 Å². The summed E-state index contributed by atoms with van der Waals surface area (Å²) < 4.78 is 18.0. The van der Waals surface area contributed by atoms with Gasteiger partial charge in [-0.2, -0.15) is 0 Å². The fraction of sp³-hybridized carbons (Fsp3) is 0.268. The van der Waals surface area contributed by atoms with Crippen molar-refractivity contribution in [1.82, 2.24) is 9.80 Å². The predicted molar refractivity (Wildman–Crippen MR) is 260 cm³/mol. The van der Waals surface area contributed by atoms with Gasteiger partial charge in [-0.25, -0.2) is 0 Å². The molecule has 12 heteroatoms. The smallest absolute Gasteiger partial charge is 0.324 e. The van der Waals surface area contributed by atoms with Crippen molar-refractivity contribution in [3.63, 3.8) is 0 Å². The van der Waals surface area contributed by atoms with Crippen LogP contribution in [0.3, 0.4) is 0 Å². The van der Waals surface area contributed by atoms with E-state index in [1.165, 1.54) is 5.56 Å². The molecule has 4 aliphatic rings. The molecule has 0 radical (unpaired) electrons. The molecule has 2 amide bonds. The minimum atomic E-state index is -1.70. The zero-order chi connectivity index (χ0) is 46.6. The van der Waals surface area contributed by atoms with Gasteiger partial charge in [-0.15, -0.1) is 0 Å². The normalized spacial score (nSPS) is 23.0. The molecular weight excluding hydrogens is 855 g/mol. The van der Waals surface area contributed by atoms with Gasteiger partial charge in [-0.05, 0) is 89.5 Å². The SMILES string of the molecule is CN(CC#Cc1ccc2c(c1)[C@]1(C(=O)N2)[C@H](C(=O)Nc2ccc(N3CCOCC3)cc2)[C@H]2C(=O)O[C@H](c3ccccc3)[C@H](c3ccccc3)N2[C@@H]1c1ccc(OCCO)cc1)Cc1ccccc1. The number of ether oxygens (including phenoxy) is 3. The molecule has 10 rings (SSSR count). The average molecular weight is 908 g/mol. The van der Waals surface area contributed by atoms with Crippen molar-refractivity contribution in [2.75, 3.05) is 68.6 Å². The number of fused-ring (bicyclic) bond motifs is 3. The van der Waals surface area contributed by atoms with Crippen LogP contribution in [0.25, 0.3) is 0 Å². The van der Waals surface area contributed by atoms with Crippen molar-refractivity contribution in [2.45, 2.75) is 36.2 Å². The van der Waals surface area contributed by atoms with Gasteiger partial charge in [0.15, 0.2) is 0 Å². The van der Waals surface area contributed by atoms with E-state index in [0.29, 0.717) is 53.6 Å². The van der Waals surface area contributed by atoms with Crippen LogP contribution in [-0.2, 0) is 35.8 Å². The van der Waals surface area contributed by atoms with Crippen LogP contribution < -0.4 is 20.3 Å². The minimum Gasteiger partial charge on any atom is -0.491 e. The first-order chi connectivity index (χ1) is 33.3. The molecule has 0 saturated carbocycles. The van der Waals surface area contributed by atoms with E-state index in [2.05, 4.69) is 49.3 Å². The summed E-state index contributed by atoms with van der Waals surface area (Å²) >= 11 is 0. The lowest BCUT2D eigenvalue weighted by Gasteiger charge is -2.46. The molecule has 6 aromatic rings. The quantitative estimate of drug-likeness (QED) is 0.0850. The number of aliphatic hydroxyl groups excluding tert-OH is 1. The molecule has 0 aliphatic carbocycles. The van der Waals surface area contributed by atoms with Crippen LogP contribution in [0, 0.1) is 17.8 Å². The van der Waals surface area contributed by atoms with Crippen LogP contribution in [0.4, 0.5) is 17.1 Å². The zero-order valence-corrected chi connectivity index (χ0v) is 37.8. The first-order valence-corrected chi connectivity index (χ1v) is 23.2. The van der Waals surface area contributed by atoms with Gasteiger partial charge in [0.25, 0.3) is 0 Å². The standard InChI is InChI=1S/C56H53N5O7/c1-59(37-39-12-5-2-6-13-39)29-11-14-38-19-28-47-46(36-38)56(55(65)58-47)48(53(63)57-43-22-24-44(25-23-43)60-30-33-66-34-31-60)50-54(64)68-51(41-17-9-4-10-18-41)49(40-15-7-3-8-16-40)61(50)52(56)42-20-26-45(27-21-42)67-35-32-62/h2-10,12-13,15-28,36,48-52,62H,29-35,37H2,1H3,(H,57,63)(H,58,65)/t48-,49-,50-,51+,52+,56-/m0/s1. The second-order valence-corrected chi connectivity index (χ2v) is 17.7. The Morgan fingerprint density at radius 1 is 0.824 bits per heavy atom. The third-order valence-corrected chi connectivity index (χ3v) is 13.5. The topological polar surface area (TPSA) is 133 Å². The highest BCUT2D eigenvalue weighted by atomic mass is 16.6. The third kappa shape index (κ3) is 8.50. The van der Waals surface area contributed by atoms with Crippen LogP contribution in [0.2, 0.25) is 0 Å².